The minimum atomic E-state index is -4.86. The summed E-state index contributed by atoms with van der Waals surface area (Å²) in [6, 6.07) is 6.87. The van der Waals surface area contributed by atoms with E-state index in [1.807, 2.05) is 19.9 Å². The number of hydrogen-bond donors (Lipinski definition) is 0. The van der Waals surface area contributed by atoms with Crippen LogP contribution in [0.4, 0.5) is 32.0 Å². The van der Waals surface area contributed by atoms with Crippen LogP contribution in [0.3, 0.4) is 0 Å². The number of halogens is 7. The highest BCUT2D eigenvalue weighted by molar-refractivity contribution is 6.30. The van der Waals surface area contributed by atoms with E-state index in [4.69, 9.17) is 11.6 Å². The molecule has 2 rings (SSSR count). The smallest absolute Gasteiger partial charge is 0.371 e. The third-order valence-electron chi connectivity index (χ3n) is 4.52. The van der Waals surface area contributed by atoms with E-state index in [9.17, 15) is 26.3 Å². The van der Waals surface area contributed by atoms with Gasteiger partial charge >= 0.3 is 12.4 Å². The second-order valence-corrected chi connectivity index (χ2v) is 7.45. The number of alkyl halides is 6. The number of rotatable bonds is 8. The zero-order valence-corrected chi connectivity index (χ0v) is 17.4. The van der Waals surface area contributed by atoms with Crippen molar-refractivity contribution in [3.8, 4) is 0 Å². The third-order valence-corrected chi connectivity index (χ3v) is 4.76. The van der Waals surface area contributed by atoms with Gasteiger partial charge in [-0.15, -0.1) is 0 Å². The maximum absolute atomic E-state index is 13.1. The summed E-state index contributed by atoms with van der Waals surface area (Å²) >= 11 is 6.09. The molecule has 0 amide bonds. The lowest BCUT2D eigenvalue weighted by atomic mass is 9.98. The molecule has 0 atom stereocenters. The van der Waals surface area contributed by atoms with Crippen LogP contribution in [0.1, 0.15) is 48.9 Å². The van der Waals surface area contributed by atoms with Crippen molar-refractivity contribution in [2.24, 2.45) is 0 Å². The molecule has 0 saturated heterocycles. The second-order valence-electron chi connectivity index (χ2n) is 7.01. The van der Waals surface area contributed by atoms with Crippen molar-refractivity contribution in [2.45, 2.75) is 45.5 Å². The first kappa shape index (κ1) is 24.4. The fraction of sp³-hybridized carbons (Fsp3) is 0.409. The molecule has 0 fully saturated rings. The maximum atomic E-state index is 13.1. The van der Waals surface area contributed by atoms with E-state index < -0.39 is 23.5 Å². The van der Waals surface area contributed by atoms with Gasteiger partial charge in [0.05, 0.1) is 11.1 Å². The third kappa shape index (κ3) is 6.56. The predicted molar refractivity (Wildman–Crippen MR) is 108 cm³/mol. The van der Waals surface area contributed by atoms with Crippen LogP contribution in [0.15, 0.2) is 36.4 Å². The summed E-state index contributed by atoms with van der Waals surface area (Å²) in [6.07, 6.45) is -6.41. The van der Waals surface area contributed by atoms with Crippen LogP contribution in [-0.4, -0.2) is 13.1 Å². The molecule has 30 heavy (non-hydrogen) atoms. The Hall–Kier alpha value is -1.89. The Morgan fingerprint density at radius 1 is 0.833 bits per heavy atom. The molecule has 2 aromatic carbocycles. The van der Waals surface area contributed by atoms with Gasteiger partial charge in [0.2, 0.25) is 0 Å². The minimum absolute atomic E-state index is 0.0689. The van der Waals surface area contributed by atoms with Crippen molar-refractivity contribution in [3.63, 3.8) is 0 Å². The number of hydrogen-bond acceptors (Lipinski definition) is 1. The van der Waals surface area contributed by atoms with Crippen molar-refractivity contribution in [3.05, 3.63) is 70.1 Å². The molecule has 0 bridgehead atoms. The largest absolute Gasteiger partial charge is 0.416 e. The van der Waals surface area contributed by atoms with E-state index in [2.05, 4.69) is 4.90 Å². The molecule has 0 N–H and O–H groups in total. The molecule has 8 heteroatoms. The molecule has 0 aliphatic rings. The fourth-order valence-electron chi connectivity index (χ4n) is 3.23. The van der Waals surface area contributed by atoms with Gasteiger partial charge in [-0.2, -0.15) is 26.3 Å². The molecule has 0 heterocycles. The van der Waals surface area contributed by atoms with Crippen molar-refractivity contribution < 1.29 is 26.3 Å². The monoisotopic (exact) mass is 450 g/mol. The molecule has 1 radical (unpaired) electrons. The van der Waals surface area contributed by atoms with Gasteiger partial charge in [-0.1, -0.05) is 25.4 Å². The summed E-state index contributed by atoms with van der Waals surface area (Å²) in [5.74, 6) is 0. The first-order chi connectivity index (χ1) is 14.0. The quantitative estimate of drug-likeness (QED) is 0.371. The van der Waals surface area contributed by atoms with Crippen LogP contribution in [-0.2, 0) is 18.8 Å². The molecule has 0 aliphatic heterocycles. The summed E-state index contributed by atoms with van der Waals surface area (Å²) in [5, 5.41) is 0.443. The van der Waals surface area contributed by atoms with Gasteiger partial charge in [0.15, 0.2) is 0 Å². The molecular formula is C22H23ClF6N. The molecule has 0 saturated carbocycles. The number of anilines is 1. The van der Waals surface area contributed by atoms with Gasteiger partial charge in [0, 0.05) is 23.8 Å². The predicted octanol–water partition coefficient (Wildman–Crippen LogP) is 7.80. The van der Waals surface area contributed by atoms with Gasteiger partial charge in [0.1, 0.15) is 0 Å². The molecular weight excluding hydrogens is 428 g/mol. The molecule has 2 aromatic rings. The normalized spacial score (nSPS) is 12.3. The Morgan fingerprint density at radius 2 is 1.37 bits per heavy atom. The highest BCUT2D eigenvalue weighted by Gasteiger charge is 2.36. The molecule has 0 aromatic heterocycles. The summed E-state index contributed by atoms with van der Waals surface area (Å²) < 4.78 is 78.5. The van der Waals surface area contributed by atoms with Gasteiger partial charge in [-0.25, -0.2) is 0 Å². The fourth-order valence-corrected chi connectivity index (χ4v) is 3.41. The van der Waals surface area contributed by atoms with E-state index in [1.165, 1.54) is 0 Å². The highest BCUT2D eigenvalue weighted by Crippen LogP contribution is 2.37. The standard InChI is InChI=1S/C22H23ClF6N/c1-3-9-30(10-4-2)20-8-7-19(23)13-16(20)6-5-15-11-17(21(24,25)26)14-18(12-15)22(27,28)29/h6-8,11-14H,3-5,9-10H2,1-2H3. The second kappa shape index (κ2) is 9.94. The minimum Gasteiger partial charge on any atom is -0.371 e. The topological polar surface area (TPSA) is 3.24 Å². The van der Waals surface area contributed by atoms with E-state index in [1.54, 1.807) is 18.6 Å². The zero-order chi connectivity index (χ0) is 22.5. The van der Waals surface area contributed by atoms with E-state index in [-0.39, 0.29) is 18.1 Å². The Balaban J connectivity index is 2.38. The van der Waals surface area contributed by atoms with Crippen molar-refractivity contribution in [1.82, 2.24) is 0 Å². The lowest BCUT2D eigenvalue weighted by molar-refractivity contribution is -0.143. The Labute approximate surface area is 177 Å². The van der Waals surface area contributed by atoms with E-state index in [0.717, 1.165) is 43.8 Å². The number of nitrogens with zero attached hydrogens (tertiary/aromatic N) is 1. The van der Waals surface area contributed by atoms with E-state index >= 15 is 0 Å². The van der Waals surface area contributed by atoms with Crippen LogP contribution < -0.4 is 4.90 Å². The zero-order valence-electron chi connectivity index (χ0n) is 16.7. The average Bonchev–Trinajstić information content (AvgIpc) is 2.65. The van der Waals surface area contributed by atoms with Crippen molar-refractivity contribution >= 4 is 17.3 Å². The van der Waals surface area contributed by atoms with Gasteiger partial charge < -0.3 is 4.90 Å². The maximum Gasteiger partial charge on any atom is 0.416 e. The van der Waals surface area contributed by atoms with Gasteiger partial charge in [0.25, 0.3) is 0 Å². The summed E-state index contributed by atoms with van der Waals surface area (Å²) in [4.78, 5) is 2.13. The van der Waals surface area contributed by atoms with Crippen LogP contribution in [0.5, 0.6) is 0 Å². The van der Waals surface area contributed by atoms with Crippen LogP contribution in [0.2, 0.25) is 5.02 Å². The molecule has 165 valence electrons. The Kier molecular flexibility index (Phi) is 8.08. The molecule has 0 spiro atoms. The van der Waals surface area contributed by atoms with Gasteiger partial charge in [-0.05, 0) is 73.2 Å². The van der Waals surface area contributed by atoms with Crippen LogP contribution in [0.25, 0.3) is 0 Å². The highest BCUT2D eigenvalue weighted by atomic mass is 35.5. The summed E-state index contributed by atoms with van der Waals surface area (Å²) in [6.45, 7) is 5.61. The number of benzene rings is 2. The Morgan fingerprint density at radius 3 is 1.83 bits per heavy atom. The average molecular weight is 451 g/mol. The summed E-state index contributed by atoms with van der Waals surface area (Å²) in [7, 11) is 0. The van der Waals surface area contributed by atoms with Crippen molar-refractivity contribution in [1.29, 1.82) is 0 Å². The molecule has 0 unspecified atom stereocenters. The SMILES string of the molecule is CCCN(CCC)c1ccc(Cl)cc1[CH]Cc1cc(C(F)(F)F)cc(C(F)(F)F)c1. The van der Waals surface area contributed by atoms with E-state index in [0.29, 0.717) is 10.6 Å². The lowest BCUT2D eigenvalue weighted by Gasteiger charge is -2.26. The van der Waals surface area contributed by atoms with Crippen molar-refractivity contribution in [2.75, 3.05) is 18.0 Å². The van der Waals surface area contributed by atoms with Crippen LogP contribution >= 0.6 is 11.6 Å². The Bertz CT molecular complexity index is 806. The molecule has 1 nitrogen and oxygen atoms in total. The van der Waals surface area contributed by atoms with Crippen LogP contribution in [0, 0.1) is 6.42 Å². The summed E-state index contributed by atoms with van der Waals surface area (Å²) in [5.41, 5.74) is -1.17. The lowest BCUT2D eigenvalue weighted by Crippen LogP contribution is -2.25. The molecule has 0 aliphatic carbocycles. The van der Waals surface area contributed by atoms with Gasteiger partial charge in [-0.3, -0.25) is 0 Å². The first-order valence-corrected chi connectivity index (χ1v) is 9.99. The first-order valence-electron chi connectivity index (χ1n) is 9.61.